The van der Waals surface area contributed by atoms with E-state index in [9.17, 15) is 24.1 Å². The van der Waals surface area contributed by atoms with Gasteiger partial charge in [0.2, 0.25) is 5.78 Å². The third-order valence-electron chi connectivity index (χ3n) is 3.14. The highest BCUT2D eigenvalue weighted by atomic mass is 19.1. The maximum absolute atomic E-state index is 13.4. The summed E-state index contributed by atoms with van der Waals surface area (Å²) in [7, 11) is 0. The standard InChI is InChI=1S/C16H12FNO5/c1-10-8-11(6-7-14(10)18(21)22)16(20)23-9-15(19)12-4-2-3-5-13(12)17/h2-8H,9H2,1H3. The van der Waals surface area contributed by atoms with Gasteiger partial charge in [-0.1, -0.05) is 12.1 Å². The molecule has 0 radical (unpaired) electrons. The van der Waals surface area contributed by atoms with E-state index in [0.717, 1.165) is 6.07 Å². The summed E-state index contributed by atoms with van der Waals surface area (Å²) in [6.45, 7) is 0.870. The Morgan fingerprint density at radius 2 is 1.91 bits per heavy atom. The van der Waals surface area contributed by atoms with Crippen molar-refractivity contribution in [2.75, 3.05) is 6.61 Å². The lowest BCUT2D eigenvalue weighted by Gasteiger charge is -2.06. The van der Waals surface area contributed by atoms with Crippen molar-refractivity contribution in [3.63, 3.8) is 0 Å². The number of aryl methyl sites for hydroxylation is 1. The Morgan fingerprint density at radius 1 is 1.22 bits per heavy atom. The second-order valence-electron chi connectivity index (χ2n) is 4.74. The predicted molar refractivity (Wildman–Crippen MR) is 78.8 cm³/mol. The molecule has 0 fully saturated rings. The molecular formula is C16H12FNO5. The van der Waals surface area contributed by atoms with Gasteiger partial charge in [-0.05, 0) is 31.2 Å². The summed E-state index contributed by atoms with van der Waals surface area (Å²) in [6.07, 6.45) is 0. The van der Waals surface area contributed by atoms with Crippen LogP contribution in [-0.4, -0.2) is 23.3 Å². The van der Waals surface area contributed by atoms with Crippen LogP contribution in [0.3, 0.4) is 0 Å². The smallest absolute Gasteiger partial charge is 0.338 e. The molecule has 0 spiro atoms. The van der Waals surface area contributed by atoms with E-state index in [1.165, 1.54) is 43.3 Å². The summed E-state index contributed by atoms with van der Waals surface area (Å²) in [5, 5.41) is 10.7. The van der Waals surface area contributed by atoms with Crippen molar-refractivity contribution >= 4 is 17.4 Å². The van der Waals surface area contributed by atoms with Gasteiger partial charge >= 0.3 is 5.97 Å². The highest BCUT2D eigenvalue weighted by molar-refractivity contribution is 5.99. The first kappa shape index (κ1) is 16.3. The van der Waals surface area contributed by atoms with Crippen molar-refractivity contribution in [2.24, 2.45) is 0 Å². The number of esters is 1. The van der Waals surface area contributed by atoms with E-state index in [4.69, 9.17) is 4.74 Å². The summed E-state index contributed by atoms with van der Waals surface area (Å²) in [4.78, 5) is 33.8. The SMILES string of the molecule is Cc1cc(C(=O)OCC(=O)c2ccccc2F)ccc1[N+](=O)[O-]. The molecule has 0 aliphatic rings. The van der Waals surface area contributed by atoms with Crippen molar-refractivity contribution in [1.29, 1.82) is 0 Å². The van der Waals surface area contributed by atoms with Crippen LogP contribution in [0.4, 0.5) is 10.1 Å². The Balaban J connectivity index is 2.05. The number of Topliss-reactive ketones (excluding diaryl/α,β-unsaturated/α-hetero) is 1. The van der Waals surface area contributed by atoms with Gasteiger partial charge in [-0.15, -0.1) is 0 Å². The Labute approximate surface area is 130 Å². The van der Waals surface area contributed by atoms with E-state index in [1.807, 2.05) is 0 Å². The molecule has 0 N–H and O–H groups in total. The van der Waals surface area contributed by atoms with Gasteiger partial charge in [-0.25, -0.2) is 9.18 Å². The molecule has 0 atom stereocenters. The first-order chi connectivity index (χ1) is 10.9. The van der Waals surface area contributed by atoms with Crippen LogP contribution in [0.25, 0.3) is 0 Å². The second-order valence-corrected chi connectivity index (χ2v) is 4.74. The van der Waals surface area contributed by atoms with Crippen molar-refractivity contribution < 1.29 is 23.6 Å². The first-order valence-electron chi connectivity index (χ1n) is 6.60. The maximum Gasteiger partial charge on any atom is 0.338 e. The molecule has 0 saturated carbocycles. The van der Waals surface area contributed by atoms with Crippen LogP contribution in [0, 0.1) is 22.9 Å². The number of carbonyl (C=O) groups excluding carboxylic acids is 2. The number of nitrogens with zero attached hydrogens (tertiary/aromatic N) is 1. The minimum absolute atomic E-state index is 0.0782. The molecule has 0 unspecified atom stereocenters. The van der Waals surface area contributed by atoms with Gasteiger partial charge in [0.05, 0.1) is 16.1 Å². The first-order valence-corrected chi connectivity index (χ1v) is 6.60. The number of rotatable bonds is 5. The zero-order valence-corrected chi connectivity index (χ0v) is 12.1. The average molecular weight is 317 g/mol. The zero-order valence-electron chi connectivity index (χ0n) is 12.1. The molecule has 0 heterocycles. The monoisotopic (exact) mass is 317 g/mol. The molecule has 6 nitrogen and oxygen atoms in total. The van der Waals surface area contributed by atoms with Crippen LogP contribution < -0.4 is 0 Å². The van der Waals surface area contributed by atoms with Gasteiger partial charge in [-0.3, -0.25) is 14.9 Å². The lowest BCUT2D eigenvalue weighted by atomic mass is 10.1. The molecule has 0 saturated heterocycles. The van der Waals surface area contributed by atoms with E-state index in [0.29, 0.717) is 5.56 Å². The normalized spacial score (nSPS) is 10.2. The molecule has 0 aliphatic carbocycles. The minimum Gasteiger partial charge on any atom is -0.454 e. The zero-order chi connectivity index (χ0) is 17.0. The highest BCUT2D eigenvalue weighted by Crippen LogP contribution is 2.19. The summed E-state index contributed by atoms with van der Waals surface area (Å²) < 4.78 is 18.3. The number of hydrogen-bond donors (Lipinski definition) is 0. The second kappa shape index (κ2) is 6.78. The number of nitro benzene ring substituents is 1. The van der Waals surface area contributed by atoms with Gasteiger partial charge in [-0.2, -0.15) is 0 Å². The fraction of sp³-hybridized carbons (Fsp3) is 0.125. The number of hydrogen-bond acceptors (Lipinski definition) is 5. The van der Waals surface area contributed by atoms with Crippen molar-refractivity contribution in [3.05, 3.63) is 75.1 Å². The maximum atomic E-state index is 13.4. The quantitative estimate of drug-likeness (QED) is 0.366. The molecule has 0 aliphatic heterocycles. The van der Waals surface area contributed by atoms with Gasteiger partial charge in [0.15, 0.2) is 6.61 Å². The Hall–Kier alpha value is -3.09. The van der Waals surface area contributed by atoms with E-state index in [-0.39, 0.29) is 16.8 Å². The fourth-order valence-electron chi connectivity index (χ4n) is 1.97. The van der Waals surface area contributed by atoms with Crippen molar-refractivity contribution in [3.8, 4) is 0 Å². The molecule has 0 aromatic heterocycles. The fourth-order valence-corrected chi connectivity index (χ4v) is 1.97. The third kappa shape index (κ3) is 3.76. The largest absolute Gasteiger partial charge is 0.454 e. The van der Waals surface area contributed by atoms with Crippen LogP contribution >= 0.6 is 0 Å². The summed E-state index contributed by atoms with van der Waals surface area (Å²) in [5.74, 6) is -2.18. The number of carbonyl (C=O) groups is 2. The van der Waals surface area contributed by atoms with Crippen LogP contribution in [-0.2, 0) is 4.74 Å². The van der Waals surface area contributed by atoms with E-state index < -0.39 is 29.1 Å². The van der Waals surface area contributed by atoms with Crippen LogP contribution in [0.2, 0.25) is 0 Å². The van der Waals surface area contributed by atoms with Gasteiger partial charge in [0.25, 0.3) is 5.69 Å². The molecule has 23 heavy (non-hydrogen) atoms. The van der Waals surface area contributed by atoms with Crippen LogP contribution in [0.1, 0.15) is 26.3 Å². The summed E-state index contributed by atoms with van der Waals surface area (Å²) in [5.41, 5.74) is 0.0866. The number of nitro groups is 1. The Morgan fingerprint density at radius 3 is 2.52 bits per heavy atom. The number of benzene rings is 2. The van der Waals surface area contributed by atoms with Crippen LogP contribution in [0.15, 0.2) is 42.5 Å². The highest BCUT2D eigenvalue weighted by Gasteiger charge is 2.17. The molecule has 0 amide bonds. The topological polar surface area (TPSA) is 86.5 Å². The lowest BCUT2D eigenvalue weighted by molar-refractivity contribution is -0.385. The molecule has 2 rings (SSSR count). The number of ketones is 1. The number of halogens is 1. The Kier molecular flexibility index (Phi) is 4.80. The van der Waals surface area contributed by atoms with E-state index >= 15 is 0 Å². The minimum atomic E-state index is -0.812. The summed E-state index contributed by atoms with van der Waals surface area (Å²) >= 11 is 0. The molecule has 2 aromatic rings. The molecule has 2 aromatic carbocycles. The predicted octanol–water partition coefficient (Wildman–Crippen LogP) is 3.08. The lowest BCUT2D eigenvalue weighted by Crippen LogP contribution is -2.15. The van der Waals surface area contributed by atoms with Crippen molar-refractivity contribution in [2.45, 2.75) is 6.92 Å². The summed E-state index contributed by atoms with van der Waals surface area (Å²) in [6, 6.07) is 9.09. The third-order valence-corrected chi connectivity index (χ3v) is 3.14. The van der Waals surface area contributed by atoms with E-state index in [2.05, 4.69) is 0 Å². The molecule has 0 bridgehead atoms. The molecular weight excluding hydrogens is 305 g/mol. The van der Waals surface area contributed by atoms with Crippen LogP contribution in [0.5, 0.6) is 0 Å². The van der Waals surface area contributed by atoms with E-state index in [1.54, 1.807) is 0 Å². The van der Waals surface area contributed by atoms with Gasteiger partial charge < -0.3 is 4.74 Å². The average Bonchev–Trinajstić information content (AvgIpc) is 2.52. The van der Waals surface area contributed by atoms with Crippen molar-refractivity contribution in [1.82, 2.24) is 0 Å². The van der Waals surface area contributed by atoms with Gasteiger partial charge in [0.1, 0.15) is 5.82 Å². The Bertz CT molecular complexity index is 788. The number of ether oxygens (including phenoxy) is 1. The van der Waals surface area contributed by atoms with Gasteiger partial charge in [0, 0.05) is 11.6 Å². The molecule has 7 heteroatoms. The molecule has 118 valence electrons.